The molecule has 1 heterocycles. The maximum atomic E-state index is 12.8. The summed E-state index contributed by atoms with van der Waals surface area (Å²) in [4.78, 5) is 3.98. The minimum atomic E-state index is -4.07. The molecule has 0 saturated heterocycles. The molecule has 1 aliphatic rings. The molecule has 0 aliphatic heterocycles. The zero-order valence-electron chi connectivity index (χ0n) is 11.3. The molecule has 1 aliphatic carbocycles. The first-order chi connectivity index (χ1) is 9.36. The van der Waals surface area contributed by atoms with Gasteiger partial charge in [-0.25, -0.2) is 4.39 Å². The van der Waals surface area contributed by atoms with Crippen LogP contribution in [0.1, 0.15) is 44.3 Å². The zero-order valence-corrected chi connectivity index (χ0v) is 11.3. The Labute approximate surface area is 115 Å². The third-order valence-corrected chi connectivity index (χ3v) is 3.87. The summed E-state index contributed by atoms with van der Waals surface area (Å²) in [6.45, 7) is 1.89. The lowest BCUT2D eigenvalue weighted by Crippen LogP contribution is -2.38. The van der Waals surface area contributed by atoms with Crippen molar-refractivity contribution in [2.75, 3.05) is 0 Å². The SMILES string of the molecule is CC(NC1CCC(C(F)(F)F)CC1)c1ccc(F)cn1. The number of rotatable bonds is 3. The van der Waals surface area contributed by atoms with Crippen LogP contribution >= 0.6 is 0 Å². The molecule has 1 N–H and O–H groups in total. The fourth-order valence-electron chi connectivity index (χ4n) is 2.67. The van der Waals surface area contributed by atoms with Gasteiger partial charge in [-0.05, 0) is 44.7 Å². The van der Waals surface area contributed by atoms with Crippen LogP contribution in [0.3, 0.4) is 0 Å². The van der Waals surface area contributed by atoms with Gasteiger partial charge in [-0.2, -0.15) is 13.2 Å². The second kappa shape index (κ2) is 6.08. The second-order valence-electron chi connectivity index (χ2n) is 5.38. The highest BCUT2D eigenvalue weighted by molar-refractivity contribution is 5.09. The average Bonchev–Trinajstić information content (AvgIpc) is 2.39. The van der Waals surface area contributed by atoms with Crippen molar-refractivity contribution in [1.82, 2.24) is 10.3 Å². The Balaban J connectivity index is 1.85. The van der Waals surface area contributed by atoms with E-state index in [1.165, 1.54) is 6.07 Å². The molecule has 1 aromatic rings. The van der Waals surface area contributed by atoms with Crippen molar-refractivity contribution < 1.29 is 17.6 Å². The van der Waals surface area contributed by atoms with Crippen molar-refractivity contribution in [3.05, 3.63) is 29.8 Å². The molecule has 112 valence electrons. The number of nitrogens with one attached hydrogen (secondary N) is 1. The molecule has 0 spiro atoms. The number of nitrogens with zero attached hydrogens (tertiary/aromatic N) is 1. The minimum Gasteiger partial charge on any atom is -0.306 e. The van der Waals surface area contributed by atoms with E-state index in [1.807, 2.05) is 6.92 Å². The summed E-state index contributed by atoms with van der Waals surface area (Å²) >= 11 is 0. The van der Waals surface area contributed by atoms with Crippen LogP contribution in [-0.4, -0.2) is 17.2 Å². The first kappa shape index (κ1) is 15.2. The zero-order chi connectivity index (χ0) is 14.8. The van der Waals surface area contributed by atoms with Gasteiger partial charge in [0.25, 0.3) is 0 Å². The predicted molar refractivity (Wildman–Crippen MR) is 67.5 cm³/mol. The number of hydrogen-bond donors (Lipinski definition) is 1. The molecule has 1 atom stereocenters. The number of aromatic nitrogens is 1. The fourth-order valence-corrected chi connectivity index (χ4v) is 2.67. The Morgan fingerprint density at radius 2 is 1.85 bits per heavy atom. The lowest BCUT2D eigenvalue weighted by Gasteiger charge is -2.32. The maximum absolute atomic E-state index is 12.8. The van der Waals surface area contributed by atoms with Crippen molar-refractivity contribution in [3.63, 3.8) is 0 Å². The lowest BCUT2D eigenvalue weighted by molar-refractivity contribution is -0.182. The Bertz CT molecular complexity index is 422. The van der Waals surface area contributed by atoms with Crippen LogP contribution in [0.2, 0.25) is 0 Å². The van der Waals surface area contributed by atoms with Gasteiger partial charge < -0.3 is 5.32 Å². The molecule has 1 aromatic heterocycles. The topological polar surface area (TPSA) is 24.9 Å². The Morgan fingerprint density at radius 3 is 2.35 bits per heavy atom. The summed E-state index contributed by atoms with van der Waals surface area (Å²) < 4.78 is 50.5. The Hall–Kier alpha value is -1.17. The first-order valence-corrected chi connectivity index (χ1v) is 6.80. The van der Waals surface area contributed by atoms with E-state index in [9.17, 15) is 17.6 Å². The predicted octanol–water partition coefficient (Wildman–Crippen LogP) is 3.99. The quantitative estimate of drug-likeness (QED) is 0.851. The highest BCUT2D eigenvalue weighted by Gasteiger charge is 2.41. The molecule has 1 saturated carbocycles. The third-order valence-electron chi connectivity index (χ3n) is 3.87. The molecule has 0 aromatic carbocycles. The molecular weight excluding hydrogens is 272 g/mol. The summed E-state index contributed by atoms with van der Waals surface area (Å²) in [7, 11) is 0. The fraction of sp³-hybridized carbons (Fsp3) is 0.643. The largest absolute Gasteiger partial charge is 0.391 e. The van der Waals surface area contributed by atoms with Gasteiger partial charge in [-0.15, -0.1) is 0 Å². The van der Waals surface area contributed by atoms with Crippen LogP contribution in [0.5, 0.6) is 0 Å². The first-order valence-electron chi connectivity index (χ1n) is 6.80. The van der Waals surface area contributed by atoms with Crippen molar-refractivity contribution in [1.29, 1.82) is 0 Å². The van der Waals surface area contributed by atoms with Gasteiger partial charge in [0.15, 0.2) is 0 Å². The van der Waals surface area contributed by atoms with Crippen LogP contribution in [0.15, 0.2) is 18.3 Å². The van der Waals surface area contributed by atoms with Crippen molar-refractivity contribution in [2.24, 2.45) is 5.92 Å². The van der Waals surface area contributed by atoms with Gasteiger partial charge in [-0.3, -0.25) is 4.98 Å². The molecule has 1 fully saturated rings. The third kappa shape index (κ3) is 3.91. The molecule has 0 amide bonds. The minimum absolute atomic E-state index is 0.0652. The summed E-state index contributed by atoms with van der Waals surface area (Å²) in [5, 5.41) is 3.27. The molecule has 0 bridgehead atoms. The summed E-state index contributed by atoms with van der Waals surface area (Å²) in [6, 6.07) is 2.90. The van der Waals surface area contributed by atoms with Crippen molar-refractivity contribution in [3.8, 4) is 0 Å². The maximum Gasteiger partial charge on any atom is 0.391 e. The average molecular weight is 290 g/mol. The highest BCUT2D eigenvalue weighted by atomic mass is 19.4. The Morgan fingerprint density at radius 1 is 1.20 bits per heavy atom. The summed E-state index contributed by atoms with van der Waals surface area (Å²) in [5.74, 6) is -1.56. The number of alkyl halides is 3. The van der Waals surface area contributed by atoms with Crippen molar-refractivity contribution in [2.45, 2.75) is 50.9 Å². The van der Waals surface area contributed by atoms with Crippen LogP contribution < -0.4 is 5.32 Å². The highest BCUT2D eigenvalue weighted by Crippen LogP contribution is 2.37. The number of halogens is 4. The number of pyridine rings is 1. The molecular formula is C14H18F4N2. The van der Waals surface area contributed by atoms with Gasteiger partial charge >= 0.3 is 6.18 Å². The van der Waals surface area contributed by atoms with E-state index in [0.717, 1.165) is 6.20 Å². The monoisotopic (exact) mass is 290 g/mol. The van der Waals surface area contributed by atoms with Gasteiger partial charge in [0.05, 0.1) is 17.8 Å². The summed E-state index contributed by atoms with van der Waals surface area (Å²) in [5.41, 5.74) is 0.698. The van der Waals surface area contributed by atoms with Gasteiger partial charge in [0.2, 0.25) is 0 Å². The van der Waals surface area contributed by atoms with E-state index in [4.69, 9.17) is 0 Å². The molecule has 6 heteroatoms. The van der Waals surface area contributed by atoms with Crippen molar-refractivity contribution >= 4 is 0 Å². The summed E-state index contributed by atoms with van der Waals surface area (Å²) in [6.07, 6.45) is -1.57. The van der Waals surface area contributed by atoms with Crippen LogP contribution in [0.25, 0.3) is 0 Å². The van der Waals surface area contributed by atoms with Gasteiger partial charge in [0, 0.05) is 12.1 Å². The molecule has 2 rings (SSSR count). The Kier molecular flexibility index (Phi) is 4.62. The van der Waals surface area contributed by atoms with E-state index < -0.39 is 17.9 Å². The van der Waals surface area contributed by atoms with Gasteiger partial charge in [0.1, 0.15) is 5.82 Å². The smallest absolute Gasteiger partial charge is 0.306 e. The van der Waals surface area contributed by atoms with Crippen LogP contribution in [0.4, 0.5) is 17.6 Å². The van der Waals surface area contributed by atoms with E-state index in [-0.39, 0.29) is 24.9 Å². The van der Waals surface area contributed by atoms with E-state index in [2.05, 4.69) is 10.3 Å². The molecule has 2 nitrogen and oxygen atoms in total. The molecule has 20 heavy (non-hydrogen) atoms. The normalized spacial score (nSPS) is 25.4. The van der Waals surface area contributed by atoms with E-state index in [0.29, 0.717) is 18.5 Å². The molecule has 0 radical (unpaired) electrons. The van der Waals surface area contributed by atoms with E-state index in [1.54, 1.807) is 6.07 Å². The number of hydrogen-bond acceptors (Lipinski definition) is 2. The standard InChI is InChI=1S/C14H18F4N2/c1-9(13-7-4-11(15)8-19-13)20-12-5-2-10(3-6-12)14(16,17)18/h4,7-10,12,20H,2-3,5-6H2,1H3. The molecule has 1 unspecified atom stereocenters. The van der Waals surface area contributed by atoms with Crippen LogP contribution in [-0.2, 0) is 0 Å². The van der Waals surface area contributed by atoms with Crippen LogP contribution in [0, 0.1) is 11.7 Å². The van der Waals surface area contributed by atoms with Gasteiger partial charge in [-0.1, -0.05) is 0 Å². The lowest BCUT2D eigenvalue weighted by atomic mass is 9.85. The van der Waals surface area contributed by atoms with E-state index >= 15 is 0 Å². The second-order valence-corrected chi connectivity index (χ2v) is 5.38.